The highest BCUT2D eigenvalue weighted by Gasteiger charge is 2.16. The molecular weight excluding hydrogens is 396 g/mol. The van der Waals surface area contributed by atoms with Crippen molar-refractivity contribution in [1.29, 1.82) is 0 Å². The van der Waals surface area contributed by atoms with Crippen LogP contribution in [0.1, 0.15) is 12.5 Å². The van der Waals surface area contributed by atoms with E-state index in [-0.39, 0.29) is 5.28 Å². The van der Waals surface area contributed by atoms with Crippen molar-refractivity contribution >= 4 is 34.0 Å². The lowest BCUT2D eigenvalue weighted by Gasteiger charge is -2.33. The molecule has 28 heavy (non-hydrogen) atoms. The Kier molecular flexibility index (Phi) is 6.06. The van der Waals surface area contributed by atoms with Crippen LogP contribution >= 0.6 is 22.9 Å². The topological polar surface area (TPSA) is 83.0 Å². The lowest BCUT2D eigenvalue weighted by Crippen LogP contribution is -2.45. The fourth-order valence-electron chi connectivity index (χ4n) is 3.04. The number of rotatable bonds is 6. The summed E-state index contributed by atoms with van der Waals surface area (Å²) in [6, 6.07) is 1.80. The fraction of sp³-hybridized carbons (Fsp3) is 0.389. The van der Waals surface area contributed by atoms with Gasteiger partial charge in [0.25, 0.3) is 0 Å². The molecule has 146 valence electrons. The molecule has 10 heteroatoms. The number of hydrogen-bond donors (Lipinski definition) is 1. The Balaban J connectivity index is 1.35. The van der Waals surface area contributed by atoms with Crippen molar-refractivity contribution in [1.82, 2.24) is 34.7 Å². The first-order valence-corrected chi connectivity index (χ1v) is 10.4. The second-order valence-corrected chi connectivity index (χ2v) is 7.86. The largest absolute Gasteiger partial charge is 0.301 e. The molecular formula is C18H21ClN8S. The molecule has 4 rings (SSSR count). The molecule has 0 bridgehead atoms. The van der Waals surface area contributed by atoms with Gasteiger partial charge in [-0.1, -0.05) is 18.3 Å². The van der Waals surface area contributed by atoms with Gasteiger partial charge in [-0.3, -0.25) is 4.90 Å². The van der Waals surface area contributed by atoms with Gasteiger partial charge in [0.2, 0.25) is 11.2 Å². The summed E-state index contributed by atoms with van der Waals surface area (Å²) in [5.41, 5.74) is 1.86. The van der Waals surface area contributed by atoms with Crippen molar-refractivity contribution in [3.05, 3.63) is 41.7 Å². The molecule has 1 N–H and O–H groups in total. The number of hydrogen-bond acceptors (Lipinski definition) is 9. The van der Waals surface area contributed by atoms with Crippen LogP contribution in [0.2, 0.25) is 5.28 Å². The molecule has 0 atom stereocenters. The Morgan fingerprint density at radius 1 is 1.04 bits per heavy atom. The zero-order valence-corrected chi connectivity index (χ0v) is 17.1. The number of piperazine rings is 1. The molecule has 3 aromatic heterocycles. The zero-order chi connectivity index (χ0) is 19.3. The van der Waals surface area contributed by atoms with Crippen LogP contribution in [0.5, 0.6) is 0 Å². The van der Waals surface area contributed by atoms with E-state index in [9.17, 15) is 0 Å². The maximum Gasteiger partial charge on any atom is 0.228 e. The fourth-order valence-corrected chi connectivity index (χ4v) is 3.97. The molecule has 8 nitrogen and oxygen atoms in total. The molecule has 0 aliphatic carbocycles. The van der Waals surface area contributed by atoms with E-state index < -0.39 is 0 Å². The van der Waals surface area contributed by atoms with E-state index in [4.69, 9.17) is 11.6 Å². The van der Waals surface area contributed by atoms with E-state index in [1.54, 1.807) is 18.5 Å². The normalized spacial score (nSPS) is 15.6. The van der Waals surface area contributed by atoms with E-state index in [0.29, 0.717) is 11.1 Å². The molecule has 1 fully saturated rings. The van der Waals surface area contributed by atoms with Crippen LogP contribution in [0, 0.1) is 0 Å². The van der Waals surface area contributed by atoms with Gasteiger partial charge >= 0.3 is 0 Å². The minimum Gasteiger partial charge on any atom is -0.301 e. The molecule has 0 unspecified atom stereocenters. The Morgan fingerprint density at radius 3 is 2.50 bits per heavy atom. The summed E-state index contributed by atoms with van der Waals surface area (Å²) in [5.74, 6) is 0.529. The van der Waals surface area contributed by atoms with Gasteiger partial charge in [0.05, 0.1) is 10.6 Å². The molecule has 0 spiro atoms. The summed E-state index contributed by atoms with van der Waals surface area (Å²) in [7, 11) is 0. The van der Waals surface area contributed by atoms with Crippen molar-refractivity contribution in [2.75, 3.05) is 38.0 Å². The SMILES string of the molecule is CCN1CCN(Cc2cnc(Nc3ncc(-c4ccnc(Cl)n4)s3)nc2)CC1. The minimum atomic E-state index is 0.218. The average Bonchev–Trinajstić information content (AvgIpc) is 3.19. The van der Waals surface area contributed by atoms with Crippen molar-refractivity contribution in [2.24, 2.45) is 0 Å². The third-order valence-corrected chi connectivity index (χ3v) is 5.74. The van der Waals surface area contributed by atoms with Crippen LogP contribution in [0.25, 0.3) is 10.6 Å². The maximum absolute atomic E-state index is 5.85. The molecule has 1 saturated heterocycles. The Bertz CT molecular complexity index is 908. The molecule has 0 amide bonds. The highest BCUT2D eigenvalue weighted by molar-refractivity contribution is 7.18. The van der Waals surface area contributed by atoms with Gasteiger partial charge in [-0.15, -0.1) is 0 Å². The van der Waals surface area contributed by atoms with E-state index in [0.717, 1.165) is 55.4 Å². The quantitative estimate of drug-likeness (QED) is 0.614. The first kappa shape index (κ1) is 19.1. The summed E-state index contributed by atoms with van der Waals surface area (Å²) in [5, 5.41) is 4.06. The van der Waals surface area contributed by atoms with Crippen LogP contribution in [-0.2, 0) is 6.54 Å². The van der Waals surface area contributed by atoms with Crippen molar-refractivity contribution < 1.29 is 0 Å². The lowest BCUT2D eigenvalue weighted by molar-refractivity contribution is 0.132. The average molecular weight is 417 g/mol. The summed E-state index contributed by atoms with van der Waals surface area (Å²) >= 11 is 7.31. The minimum absolute atomic E-state index is 0.218. The molecule has 3 aromatic rings. The van der Waals surface area contributed by atoms with Crippen LogP contribution in [0.4, 0.5) is 11.1 Å². The highest BCUT2D eigenvalue weighted by Crippen LogP contribution is 2.29. The monoisotopic (exact) mass is 416 g/mol. The summed E-state index contributed by atoms with van der Waals surface area (Å²) in [6.45, 7) is 8.64. The number of aromatic nitrogens is 5. The van der Waals surface area contributed by atoms with Gasteiger partial charge in [0.1, 0.15) is 0 Å². The molecule has 4 heterocycles. The number of thiazole rings is 1. The standard InChI is InChI=1S/C18H21ClN8S/c1-2-26-5-7-27(8-6-26)12-13-9-21-17(22-10-13)25-18-23-11-15(28-18)14-3-4-20-16(19)24-14/h3-4,9-11H,2,5-8,12H2,1H3,(H,21,22,23,25). The van der Waals surface area contributed by atoms with E-state index in [1.165, 1.54) is 11.3 Å². The van der Waals surface area contributed by atoms with Crippen LogP contribution in [-0.4, -0.2) is 67.4 Å². The second-order valence-electron chi connectivity index (χ2n) is 6.49. The van der Waals surface area contributed by atoms with E-state index >= 15 is 0 Å². The van der Waals surface area contributed by atoms with Gasteiger partial charge in [0.15, 0.2) is 5.13 Å². The van der Waals surface area contributed by atoms with Gasteiger partial charge in [0, 0.05) is 63.1 Å². The predicted molar refractivity (Wildman–Crippen MR) is 111 cm³/mol. The third-order valence-electron chi connectivity index (χ3n) is 4.63. The number of likely N-dealkylation sites (N-methyl/N-ethyl adjacent to an activating group) is 1. The summed E-state index contributed by atoms with van der Waals surface area (Å²) in [4.78, 5) is 27.1. The molecule has 1 aliphatic heterocycles. The Labute approximate surface area is 172 Å². The van der Waals surface area contributed by atoms with E-state index in [1.807, 2.05) is 12.4 Å². The molecule has 0 radical (unpaired) electrons. The number of nitrogens with one attached hydrogen (secondary N) is 1. The van der Waals surface area contributed by atoms with Crippen molar-refractivity contribution in [3.8, 4) is 10.6 Å². The van der Waals surface area contributed by atoms with Gasteiger partial charge in [-0.25, -0.2) is 24.9 Å². The number of anilines is 2. The Morgan fingerprint density at radius 2 is 1.79 bits per heavy atom. The zero-order valence-electron chi connectivity index (χ0n) is 15.5. The molecule has 0 aromatic carbocycles. The first-order valence-electron chi connectivity index (χ1n) is 9.17. The maximum atomic E-state index is 5.85. The van der Waals surface area contributed by atoms with Crippen molar-refractivity contribution in [2.45, 2.75) is 13.5 Å². The Hall–Kier alpha value is -2.20. The predicted octanol–water partition coefficient (Wildman–Crippen LogP) is 2.92. The third kappa shape index (κ3) is 4.79. The lowest BCUT2D eigenvalue weighted by atomic mass is 10.2. The summed E-state index contributed by atoms with van der Waals surface area (Å²) in [6.07, 6.45) is 7.12. The number of halogens is 1. The van der Waals surface area contributed by atoms with Crippen LogP contribution < -0.4 is 5.32 Å². The van der Waals surface area contributed by atoms with Crippen molar-refractivity contribution in [3.63, 3.8) is 0 Å². The van der Waals surface area contributed by atoms with Crippen LogP contribution in [0.3, 0.4) is 0 Å². The molecule has 0 saturated carbocycles. The first-order chi connectivity index (χ1) is 13.7. The smallest absolute Gasteiger partial charge is 0.228 e. The van der Waals surface area contributed by atoms with E-state index in [2.05, 4.69) is 47.0 Å². The van der Waals surface area contributed by atoms with Crippen LogP contribution in [0.15, 0.2) is 30.9 Å². The van der Waals surface area contributed by atoms with Gasteiger partial charge < -0.3 is 10.2 Å². The highest BCUT2D eigenvalue weighted by atomic mass is 35.5. The second kappa shape index (κ2) is 8.87. The van der Waals surface area contributed by atoms with Gasteiger partial charge in [-0.2, -0.15) is 0 Å². The van der Waals surface area contributed by atoms with Gasteiger partial charge in [-0.05, 0) is 24.2 Å². The number of nitrogens with zero attached hydrogens (tertiary/aromatic N) is 7. The molecule has 1 aliphatic rings. The summed E-state index contributed by atoms with van der Waals surface area (Å²) < 4.78 is 0.